The highest BCUT2D eigenvalue weighted by Crippen LogP contribution is 2.39. The van der Waals surface area contributed by atoms with Gasteiger partial charge in [0.05, 0.1) is 22.6 Å². The SMILES string of the molecule is c1ccc(-c2cc(-c3ccccc3)cc(-c3cc(-c4ccc5c(ccc6nc(-c7ccccc7)cc(-c7ccccc7)c65)c4)nc(-c4ccccc4)n3)c2)cc1. The Morgan fingerprint density at radius 3 is 1.34 bits per heavy atom. The molecule has 2 heterocycles. The van der Waals surface area contributed by atoms with Gasteiger partial charge in [0, 0.05) is 27.6 Å². The maximum absolute atomic E-state index is 5.23. The van der Waals surface area contributed by atoms with Crippen LogP contribution >= 0.6 is 0 Å². The summed E-state index contributed by atoms with van der Waals surface area (Å²) in [6.45, 7) is 0. The molecule has 0 N–H and O–H groups in total. The fourth-order valence-corrected chi connectivity index (χ4v) is 7.66. The smallest absolute Gasteiger partial charge is 0.160 e. The summed E-state index contributed by atoms with van der Waals surface area (Å²) in [5.74, 6) is 0.687. The molecule has 0 aliphatic rings. The van der Waals surface area contributed by atoms with E-state index >= 15 is 0 Å². The lowest BCUT2D eigenvalue weighted by atomic mass is 9.93. The highest BCUT2D eigenvalue weighted by molar-refractivity contribution is 6.14. The third kappa shape index (κ3) is 6.42. The molecule has 0 amide bonds. The van der Waals surface area contributed by atoms with Crippen LogP contribution in [0.5, 0.6) is 0 Å². The minimum atomic E-state index is 0.687. The van der Waals surface area contributed by atoms with Gasteiger partial charge in [-0.1, -0.05) is 170 Å². The molecule has 3 heteroatoms. The lowest BCUT2D eigenvalue weighted by Gasteiger charge is -2.15. The second-order valence-electron chi connectivity index (χ2n) is 14.0. The van der Waals surface area contributed by atoms with E-state index < -0.39 is 0 Å². The minimum Gasteiger partial charge on any atom is -0.248 e. The van der Waals surface area contributed by atoms with Crippen molar-refractivity contribution in [2.75, 3.05) is 0 Å². The number of benzene rings is 8. The molecule has 2 aromatic heterocycles. The van der Waals surface area contributed by atoms with Gasteiger partial charge in [0.25, 0.3) is 0 Å². The van der Waals surface area contributed by atoms with Crippen LogP contribution in [0.1, 0.15) is 0 Å². The standard InChI is InChI=1S/C53H35N3/c1-6-16-36(17-7-1)43-31-44(37-18-8-2-9-19-37)33-45(32-43)51-35-50(55-53(56-51)40-24-14-5-15-25-40)42-26-28-46-41(30-42)27-29-48-52(46)47(38-20-10-3-11-21-38)34-49(54-48)39-22-12-4-13-23-39/h1-35H. The van der Waals surface area contributed by atoms with Gasteiger partial charge >= 0.3 is 0 Å². The molecule has 0 bridgehead atoms. The average Bonchev–Trinajstić information content (AvgIpc) is 3.29. The van der Waals surface area contributed by atoms with Gasteiger partial charge in [0.1, 0.15) is 0 Å². The molecule has 10 aromatic rings. The van der Waals surface area contributed by atoms with Crippen molar-refractivity contribution in [1.82, 2.24) is 15.0 Å². The van der Waals surface area contributed by atoms with Crippen molar-refractivity contribution < 1.29 is 0 Å². The Labute approximate surface area is 326 Å². The normalized spacial score (nSPS) is 11.2. The largest absolute Gasteiger partial charge is 0.248 e. The molecule has 0 unspecified atom stereocenters. The number of hydrogen-bond donors (Lipinski definition) is 0. The molecule has 0 fully saturated rings. The molecular formula is C53H35N3. The van der Waals surface area contributed by atoms with Crippen LogP contribution in [-0.4, -0.2) is 15.0 Å². The lowest BCUT2D eigenvalue weighted by molar-refractivity contribution is 1.18. The Hall–Kier alpha value is -7.49. The van der Waals surface area contributed by atoms with Gasteiger partial charge in [0.2, 0.25) is 0 Å². The van der Waals surface area contributed by atoms with Gasteiger partial charge in [0.15, 0.2) is 5.82 Å². The number of pyridine rings is 1. The summed E-state index contributed by atoms with van der Waals surface area (Å²) in [6.07, 6.45) is 0. The predicted octanol–water partition coefficient (Wildman–Crippen LogP) is 13.8. The van der Waals surface area contributed by atoms with Crippen LogP contribution in [0.4, 0.5) is 0 Å². The second-order valence-corrected chi connectivity index (χ2v) is 14.0. The molecular weight excluding hydrogens is 679 g/mol. The highest BCUT2D eigenvalue weighted by atomic mass is 14.9. The molecule has 0 radical (unpaired) electrons. The van der Waals surface area contributed by atoms with Crippen LogP contribution in [0.2, 0.25) is 0 Å². The summed E-state index contributed by atoms with van der Waals surface area (Å²) in [6, 6.07) is 74.6. The van der Waals surface area contributed by atoms with E-state index in [1.165, 1.54) is 0 Å². The molecule has 262 valence electrons. The number of rotatable bonds is 7. The molecule has 10 rings (SSSR count). The van der Waals surface area contributed by atoms with Crippen LogP contribution in [0, 0.1) is 0 Å². The van der Waals surface area contributed by atoms with E-state index in [2.05, 4.69) is 188 Å². The second kappa shape index (κ2) is 14.4. The van der Waals surface area contributed by atoms with E-state index in [0.29, 0.717) is 5.82 Å². The first kappa shape index (κ1) is 33.1. The summed E-state index contributed by atoms with van der Waals surface area (Å²) >= 11 is 0. The zero-order valence-electron chi connectivity index (χ0n) is 30.5. The van der Waals surface area contributed by atoms with Crippen LogP contribution in [0.3, 0.4) is 0 Å². The average molecular weight is 714 g/mol. The van der Waals surface area contributed by atoms with Crippen molar-refractivity contribution >= 4 is 21.7 Å². The summed E-state index contributed by atoms with van der Waals surface area (Å²) in [5, 5.41) is 3.41. The topological polar surface area (TPSA) is 38.7 Å². The maximum Gasteiger partial charge on any atom is 0.160 e. The van der Waals surface area contributed by atoms with Crippen molar-refractivity contribution in [1.29, 1.82) is 0 Å². The van der Waals surface area contributed by atoms with Crippen LogP contribution < -0.4 is 0 Å². The Kier molecular flexibility index (Phi) is 8.51. The maximum atomic E-state index is 5.23. The summed E-state index contributed by atoms with van der Waals surface area (Å²) in [5.41, 5.74) is 14.7. The monoisotopic (exact) mass is 713 g/mol. The number of aromatic nitrogens is 3. The van der Waals surface area contributed by atoms with Crippen LogP contribution in [-0.2, 0) is 0 Å². The van der Waals surface area contributed by atoms with E-state index in [-0.39, 0.29) is 0 Å². The van der Waals surface area contributed by atoms with E-state index in [9.17, 15) is 0 Å². The molecule has 0 aliphatic carbocycles. The van der Waals surface area contributed by atoms with Gasteiger partial charge in [-0.2, -0.15) is 0 Å². The first-order valence-electron chi connectivity index (χ1n) is 18.9. The molecule has 0 aliphatic heterocycles. The zero-order chi connectivity index (χ0) is 37.3. The number of nitrogens with zero attached hydrogens (tertiary/aromatic N) is 3. The van der Waals surface area contributed by atoms with E-state index in [1.807, 2.05) is 24.3 Å². The van der Waals surface area contributed by atoms with Gasteiger partial charge in [-0.25, -0.2) is 15.0 Å². The Morgan fingerprint density at radius 2 is 0.750 bits per heavy atom. The van der Waals surface area contributed by atoms with Crippen molar-refractivity contribution in [2.45, 2.75) is 0 Å². The number of fused-ring (bicyclic) bond motifs is 3. The van der Waals surface area contributed by atoms with E-state index in [1.54, 1.807) is 0 Å². The van der Waals surface area contributed by atoms with E-state index in [0.717, 1.165) is 94.4 Å². The van der Waals surface area contributed by atoms with Crippen molar-refractivity contribution in [3.63, 3.8) is 0 Å². The third-order valence-electron chi connectivity index (χ3n) is 10.4. The Balaban J connectivity index is 1.16. The zero-order valence-corrected chi connectivity index (χ0v) is 30.5. The van der Waals surface area contributed by atoms with Crippen LogP contribution in [0.15, 0.2) is 212 Å². The fraction of sp³-hybridized carbons (Fsp3) is 0. The van der Waals surface area contributed by atoms with Gasteiger partial charge in [-0.05, 0) is 86.6 Å². The summed E-state index contributed by atoms with van der Waals surface area (Å²) in [4.78, 5) is 15.6. The Bertz CT molecular complexity index is 2920. The molecule has 3 nitrogen and oxygen atoms in total. The van der Waals surface area contributed by atoms with Crippen molar-refractivity contribution in [2.24, 2.45) is 0 Å². The lowest BCUT2D eigenvalue weighted by Crippen LogP contribution is -1.97. The molecule has 8 aromatic carbocycles. The first-order valence-corrected chi connectivity index (χ1v) is 18.9. The van der Waals surface area contributed by atoms with E-state index in [4.69, 9.17) is 15.0 Å². The fourth-order valence-electron chi connectivity index (χ4n) is 7.66. The molecule has 0 atom stereocenters. The van der Waals surface area contributed by atoms with Crippen molar-refractivity contribution in [3.8, 4) is 78.5 Å². The molecule has 56 heavy (non-hydrogen) atoms. The first-order chi connectivity index (χ1) is 27.7. The summed E-state index contributed by atoms with van der Waals surface area (Å²) < 4.78 is 0. The van der Waals surface area contributed by atoms with Gasteiger partial charge in [-0.3, -0.25) is 0 Å². The molecule has 0 saturated carbocycles. The molecule has 0 spiro atoms. The number of hydrogen-bond acceptors (Lipinski definition) is 3. The summed E-state index contributed by atoms with van der Waals surface area (Å²) in [7, 11) is 0. The predicted molar refractivity (Wildman–Crippen MR) is 233 cm³/mol. The van der Waals surface area contributed by atoms with Crippen molar-refractivity contribution in [3.05, 3.63) is 212 Å². The van der Waals surface area contributed by atoms with Gasteiger partial charge in [-0.15, -0.1) is 0 Å². The highest BCUT2D eigenvalue weighted by Gasteiger charge is 2.16. The minimum absolute atomic E-state index is 0.687. The van der Waals surface area contributed by atoms with Crippen LogP contribution in [0.25, 0.3) is 100 Å². The molecule has 0 saturated heterocycles. The van der Waals surface area contributed by atoms with Gasteiger partial charge < -0.3 is 0 Å². The Morgan fingerprint density at radius 1 is 0.268 bits per heavy atom. The quantitative estimate of drug-likeness (QED) is 0.154. The third-order valence-corrected chi connectivity index (χ3v) is 10.4.